The summed E-state index contributed by atoms with van der Waals surface area (Å²) in [5, 5.41) is 12.7. The van der Waals surface area contributed by atoms with E-state index in [1.54, 1.807) is 18.2 Å². The summed E-state index contributed by atoms with van der Waals surface area (Å²) in [5.74, 6) is -0.932. The van der Waals surface area contributed by atoms with Crippen LogP contribution in [-0.4, -0.2) is 39.2 Å². The van der Waals surface area contributed by atoms with Gasteiger partial charge >= 0.3 is 16.3 Å². The number of amides is 2. The Labute approximate surface area is 155 Å². The molecule has 1 fully saturated rings. The molecule has 0 saturated carbocycles. The van der Waals surface area contributed by atoms with Crippen molar-refractivity contribution in [3.8, 4) is 16.9 Å². The summed E-state index contributed by atoms with van der Waals surface area (Å²) in [6, 6.07) is 11.7. The van der Waals surface area contributed by atoms with Gasteiger partial charge in [0.2, 0.25) is 0 Å². The molecule has 2 amide bonds. The van der Waals surface area contributed by atoms with Crippen LogP contribution in [0.25, 0.3) is 11.1 Å². The van der Waals surface area contributed by atoms with Crippen LogP contribution in [0, 0.1) is 0 Å². The van der Waals surface area contributed by atoms with E-state index in [1.807, 2.05) is 16.9 Å². The zero-order valence-electron chi connectivity index (χ0n) is 14.3. The van der Waals surface area contributed by atoms with E-state index in [2.05, 4.69) is 10.1 Å². The van der Waals surface area contributed by atoms with Gasteiger partial charge in [-0.05, 0) is 34.9 Å². The largest absolute Gasteiger partial charge is 0.506 e. The first-order chi connectivity index (χ1) is 12.8. The molecule has 1 saturated heterocycles. The lowest BCUT2D eigenvalue weighted by atomic mass is 10.0. The summed E-state index contributed by atoms with van der Waals surface area (Å²) < 4.78 is 31.3. The summed E-state index contributed by atoms with van der Waals surface area (Å²) >= 11 is 0. The monoisotopic (exact) mass is 391 g/mol. The number of anilines is 1. The average molecular weight is 391 g/mol. The zero-order valence-corrected chi connectivity index (χ0v) is 15.1. The van der Waals surface area contributed by atoms with Gasteiger partial charge in [-0.1, -0.05) is 24.3 Å². The summed E-state index contributed by atoms with van der Waals surface area (Å²) in [5.41, 5.74) is 2.19. The second-order valence-electron chi connectivity index (χ2n) is 5.79. The number of hydrogen-bond acceptors (Lipinski definition) is 6. The Morgan fingerprint density at radius 2 is 2.00 bits per heavy atom. The molecule has 0 atom stereocenters. The van der Waals surface area contributed by atoms with Crippen LogP contribution < -0.4 is 14.3 Å². The Morgan fingerprint density at radius 3 is 2.67 bits per heavy atom. The van der Waals surface area contributed by atoms with Gasteiger partial charge in [-0.15, -0.1) is 0 Å². The van der Waals surface area contributed by atoms with Gasteiger partial charge in [-0.25, -0.2) is 13.8 Å². The molecule has 0 aliphatic carbocycles. The molecule has 0 aromatic heterocycles. The summed E-state index contributed by atoms with van der Waals surface area (Å²) in [6.07, 6.45) is -0.552. The normalized spacial score (nSPS) is 15.3. The van der Waals surface area contributed by atoms with Crippen molar-refractivity contribution >= 4 is 27.9 Å². The van der Waals surface area contributed by atoms with Gasteiger partial charge in [0.1, 0.15) is 12.3 Å². The fraction of sp³-hybridized carbons (Fsp3) is 0.176. The second-order valence-corrected chi connectivity index (χ2v) is 7.38. The van der Waals surface area contributed by atoms with E-state index in [-0.39, 0.29) is 18.0 Å². The van der Waals surface area contributed by atoms with Gasteiger partial charge in [0.25, 0.3) is 5.91 Å². The number of aromatic hydroxyl groups is 1. The number of phenolic OH excluding ortho intramolecular Hbond substituents is 1. The third kappa shape index (κ3) is 3.95. The minimum atomic E-state index is -4.03. The number of hydrogen-bond donors (Lipinski definition) is 3. The van der Waals surface area contributed by atoms with Crippen LogP contribution in [0.2, 0.25) is 0 Å². The third-order valence-electron chi connectivity index (χ3n) is 3.95. The van der Waals surface area contributed by atoms with Crippen molar-refractivity contribution in [1.82, 2.24) is 10.0 Å². The number of alkyl carbamates (subject to hydrolysis) is 1. The predicted octanol–water partition coefficient (Wildman–Crippen LogP) is 1.10. The highest BCUT2D eigenvalue weighted by Crippen LogP contribution is 2.35. The fourth-order valence-electron chi connectivity index (χ4n) is 2.67. The van der Waals surface area contributed by atoms with Crippen LogP contribution in [0.15, 0.2) is 42.5 Å². The van der Waals surface area contributed by atoms with Crippen molar-refractivity contribution in [1.29, 1.82) is 0 Å². The van der Waals surface area contributed by atoms with Crippen molar-refractivity contribution in [2.75, 3.05) is 18.0 Å². The fourth-order valence-corrected chi connectivity index (χ4v) is 3.83. The number of rotatable bonds is 4. The molecule has 1 aliphatic heterocycles. The molecule has 3 N–H and O–H groups in total. The molecule has 0 radical (unpaired) electrons. The summed E-state index contributed by atoms with van der Waals surface area (Å²) in [7, 11) is -2.75. The van der Waals surface area contributed by atoms with E-state index in [0.717, 1.165) is 15.4 Å². The number of carbonyl (C=O) groups is 2. The maximum Gasteiger partial charge on any atom is 0.407 e. The van der Waals surface area contributed by atoms with Gasteiger partial charge in [0.15, 0.2) is 0 Å². The summed E-state index contributed by atoms with van der Waals surface area (Å²) in [4.78, 5) is 22.6. The second kappa shape index (κ2) is 7.16. The Hall–Kier alpha value is -3.27. The Kier molecular flexibility index (Phi) is 4.91. The van der Waals surface area contributed by atoms with Gasteiger partial charge in [0, 0.05) is 6.54 Å². The van der Waals surface area contributed by atoms with E-state index >= 15 is 0 Å². The van der Waals surface area contributed by atoms with Crippen LogP contribution in [-0.2, 0) is 26.3 Å². The molecule has 0 unspecified atom stereocenters. The molecular formula is C17H17N3O6S. The molecule has 0 spiro atoms. The molecule has 10 heteroatoms. The Morgan fingerprint density at radius 1 is 1.26 bits per heavy atom. The van der Waals surface area contributed by atoms with Crippen LogP contribution in [0.1, 0.15) is 5.56 Å². The summed E-state index contributed by atoms with van der Waals surface area (Å²) in [6.45, 7) is -0.146. The number of nitrogens with zero attached hydrogens (tertiary/aromatic N) is 1. The van der Waals surface area contributed by atoms with Gasteiger partial charge in [-0.3, -0.25) is 4.79 Å². The molecule has 142 valence electrons. The zero-order chi connectivity index (χ0) is 19.6. The first-order valence-electron chi connectivity index (χ1n) is 7.87. The van der Waals surface area contributed by atoms with E-state index in [0.29, 0.717) is 5.56 Å². The SMILES string of the molecule is COC(=O)NCc1cccc(-c2ccc(O)c(N3CC(=O)NS3(=O)=O)c2)c1. The van der Waals surface area contributed by atoms with Gasteiger partial charge < -0.3 is 15.2 Å². The predicted molar refractivity (Wildman–Crippen MR) is 97.2 cm³/mol. The molecule has 2 aromatic carbocycles. The van der Waals surface area contributed by atoms with Crippen LogP contribution in [0.4, 0.5) is 10.5 Å². The van der Waals surface area contributed by atoms with Gasteiger partial charge in [-0.2, -0.15) is 8.42 Å². The Balaban J connectivity index is 1.93. The average Bonchev–Trinajstić information content (AvgIpc) is 2.92. The first kappa shape index (κ1) is 18.5. The molecule has 9 nitrogen and oxygen atoms in total. The molecular weight excluding hydrogens is 374 g/mol. The number of phenols is 1. The van der Waals surface area contributed by atoms with Crippen LogP contribution in [0.3, 0.4) is 0 Å². The van der Waals surface area contributed by atoms with Crippen LogP contribution >= 0.6 is 0 Å². The third-order valence-corrected chi connectivity index (χ3v) is 5.34. The van der Waals surface area contributed by atoms with Gasteiger partial charge in [0.05, 0.1) is 12.8 Å². The maximum atomic E-state index is 12.0. The lowest BCUT2D eigenvalue weighted by molar-refractivity contribution is -0.117. The first-order valence-corrected chi connectivity index (χ1v) is 9.31. The number of ether oxygens (including phenoxy) is 1. The molecule has 2 aromatic rings. The van der Waals surface area contributed by atoms with E-state index < -0.39 is 28.8 Å². The Bertz CT molecular complexity index is 1010. The molecule has 1 heterocycles. The lowest BCUT2D eigenvalue weighted by Crippen LogP contribution is -2.29. The molecule has 3 rings (SSSR count). The number of nitrogens with one attached hydrogen (secondary N) is 2. The van der Waals surface area contributed by atoms with Crippen molar-refractivity contribution in [3.05, 3.63) is 48.0 Å². The standard InChI is InChI=1S/C17H17N3O6S/c1-26-17(23)18-9-11-3-2-4-12(7-11)13-5-6-15(21)14(8-13)20-10-16(22)19-27(20,24)25/h2-8,21H,9-10H2,1H3,(H,18,23)(H,19,22). The highest BCUT2D eigenvalue weighted by Gasteiger charge is 2.35. The number of methoxy groups -OCH3 is 1. The molecule has 27 heavy (non-hydrogen) atoms. The van der Waals surface area contributed by atoms with Crippen molar-refractivity contribution in [2.24, 2.45) is 0 Å². The highest BCUT2D eigenvalue weighted by molar-refractivity contribution is 7.92. The molecule has 0 bridgehead atoms. The number of carbonyl (C=O) groups excluding carboxylic acids is 2. The minimum Gasteiger partial charge on any atom is -0.506 e. The highest BCUT2D eigenvalue weighted by atomic mass is 32.2. The van der Waals surface area contributed by atoms with Crippen molar-refractivity contribution in [3.63, 3.8) is 0 Å². The quantitative estimate of drug-likeness (QED) is 0.717. The van der Waals surface area contributed by atoms with E-state index in [4.69, 9.17) is 0 Å². The number of benzene rings is 2. The lowest BCUT2D eigenvalue weighted by Gasteiger charge is -2.17. The minimum absolute atomic E-state index is 0.00365. The van der Waals surface area contributed by atoms with Crippen LogP contribution in [0.5, 0.6) is 5.75 Å². The maximum absolute atomic E-state index is 12.0. The van der Waals surface area contributed by atoms with Crippen molar-refractivity contribution < 1.29 is 27.9 Å². The van der Waals surface area contributed by atoms with E-state index in [1.165, 1.54) is 19.2 Å². The van der Waals surface area contributed by atoms with Crippen molar-refractivity contribution in [2.45, 2.75) is 6.54 Å². The topological polar surface area (TPSA) is 125 Å². The smallest absolute Gasteiger partial charge is 0.407 e. The molecule has 1 aliphatic rings. The van der Waals surface area contributed by atoms with E-state index in [9.17, 15) is 23.1 Å².